The first kappa shape index (κ1) is 25.2. The zero-order valence-electron chi connectivity index (χ0n) is 20.5. The van der Waals surface area contributed by atoms with Gasteiger partial charge in [-0.05, 0) is 30.8 Å². The van der Waals surface area contributed by atoms with Crippen molar-refractivity contribution in [3.05, 3.63) is 48.5 Å². The highest BCUT2D eigenvalue weighted by Crippen LogP contribution is 2.43. The molecule has 0 radical (unpaired) electrons. The molecule has 0 saturated carbocycles. The van der Waals surface area contributed by atoms with Gasteiger partial charge in [0.25, 0.3) is 0 Å². The third-order valence-corrected chi connectivity index (χ3v) is 10.7. The quantitative estimate of drug-likeness (QED) is 0.336. The molecule has 1 aromatic carbocycles. The number of esters is 1. The normalized spacial score (nSPS) is 23.5. The Bertz CT molecular complexity index is 1170. The smallest absolute Gasteiger partial charge is 0.338 e. The third-order valence-electron chi connectivity index (χ3n) is 7.04. The van der Waals surface area contributed by atoms with Gasteiger partial charge in [0.1, 0.15) is 24.7 Å². The average Bonchev–Trinajstić information content (AvgIpc) is 3.45. The zero-order chi connectivity index (χ0) is 25.2. The van der Waals surface area contributed by atoms with Crippen LogP contribution in [0.4, 0.5) is 5.82 Å². The molecule has 0 spiro atoms. The number of aliphatic hydroxyl groups excluding tert-OH is 1. The van der Waals surface area contributed by atoms with E-state index in [0.717, 1.165) is 6.42 Å². The number of rotatable bonds is 9. The van der Waals surface area contributed by atoms with Gasteiger partial charge >= 0.3 is 5.97 Å². The van der Waals surface area contributed by atoms with Crippen LogP contribution >= 0.6 is 0 Å². The highest BCUT2D eigenvalue weighted by atomic mass is 28.4. The van der Waals surface area contributed by atoms with Gasteiger partial charge in [-0.25, -0.2) is 19.7 Å². The van der Waals surface area contributed by atoms with Crippen molar-refractivity contribution in [1.82, 2.24) is 19.5 Å². The van der Waals surface area contributed by atoms with E-state index in [1.165, 1.54) is 6.33 Å². The first-order valence-electron chi connectivity index (χ1n) is 11.8. The highest BCUT2D eigenvalue weighted by Gasteiger charge is 2.53. The number of nitrogens with two attached hydrogens (primary N) is 1. The lowest BCUT2D eigenvalue weighted by Gasteiger charge is -2.38. The summed E-state index contributed by atoms with van der Waals surface area (Å²) in [5.74, 6) is -0.216. The predicted molar refractivity (Wildman–Crippen MR) is 133 cm³/mol. The van der Waals surface area contributed by atoms with E-state index in [1.807, 2.05) is 6.07 Å². The van der Waals surface area contributed by atoms with E-state index in [0.29, 0.717) is 28.7 Å². The Labute approximate surface area is 205 Å². The fraction of sp³-hybridized carbons (Fsp3) is 0.500. The topological polar surface area (TPSA) is 135 Å². The van der Waals surface area contributed by atoms with Crippen LogP contribution in [0.1, 0.15) is 43.3 Å². The molecule has 2 aromatic heterocycles. The number of aliphatic hydroxyl groups is 1. The third kappa shape index (κ3) is 4.94. The monoisotopic (exact) mass is 499 g/mol. The number of nitrogen functional groups attached to an aromatic ring is 1. The molecule has 10 nitrogen and oxygen atoms in total. The van der Waals surface area contributed by atoms with Crippen molar-refractivity contribution < 1.29 is 23.8 Å². The number of ether oxygens (including phenoxy) is 2. The molecule has 0 bridgehead atoms. The number of fused-ring (bicyclic) bond motifs is 1. The Morgan fingerprint density at radius 2 is 2.06 bits per heavy atom. The van der Waals surface area contributed by atoms with Gasteiger partial charge in [0.15, 0.2) is 25.4 Å². The molecule has 35 heavy (non-hydrogen) atoms. The molecule has 3 aromatic rings. The number of hydrogen-bond donors (Lipinski definition) is 2. The molecular weight excluding hydrogens is 466 g/mol. The molecule has 0 aliphatic carbocycles. The van der Waals surface area contributed by atoms with Crippen molar-refractivity contribution >= 4 is 31.3 Å². The van der Waals surface area contributed by atoms with E-state index in [2.05, 4.69) is 41.9 Å². The number of anilines is 1. The summed E-state index contributed by atoms with van der Waals surface area (Å²) in [5.41, 5.74) is 6.51. The Morgan fingerprint density at radius 1 is 1.31 bits per heavy atom. The molecule has 1 unspecified atom stereocenters. The molecule has 11 heteroatoms. The van der Waals surface area contributed by atoms with Gasteiger partial charge in [-0.15, -0.1) is 0 Å². The van der Waals surface area contributed by atoms with Gasteiger partial charge in [-0.2, -0.15) is 0 Å². The van der Waals surface area contributed by atoms with Crippen molar-refractivity contribution in [3.63, 3.8) is 0 Å². The Balaban J connectivity index is 1.64. The van der Waals surface area contributed by atoms with E-state index in [-0.39, 0.29) is 19.0 Å². The highest BCUT2D eigenvalue weighted by molar-refractivity contribution is 6.72. The second-order valence-electron chi connectivity index (χ2n) is 9.58. The van der Waals surface area contributed by atoms with E-state index in [1.54, 1.807) is 35.2 Å². The number of imidazole rings is 1. The van der Waals surface area contributed by atoms with Crippen LogP contribution in [0.3, 0.4) is 0 Å². The molecule has 1 saturated heterocycles. The molecule has 4 rings (SSSR count). The Kier molecular flexibility index (Phi) is 7.22. The molecule has 1 aliphatic rings. The van der Waals surface area contributed by atoms with Crippen LogP contribution in [0, 0.1) is 0 Å². The molecule has 1 aliphatic heterocycles. The van der Waals surface area contributed by atoms with E-state index in [9.17, 15) is 9.90 Å². The Morgan fingerprint density at radius 3 is 2.74 bits per heavy atom. The molecule has 4 atom stereocenters. The number of carbonyl (C=O) groups excluding carboxylic acids is 1. The summed E-state index contributed by atoms with van der Waals surface area (Å²) in [6.07, 6.45) is 3.31. The van der Waals surface area contributed by atoms with Gasteiger partial charge < -0.3 is 24.7 Å². The van der Waals surface area contributed by atoms with Crippen LogP contribution in [0.25, 0.3) is 11.2 Å². The van der Waals surface area contributed by atoms with Gasteiger partial charge in [-0.1, -0.05) is 38.5 Å². The molecule has 1 fully saturated rings. The van der Waals surface area contributed by atoms with Crippen molar-refractivity contribution in [2.75, 3.05) is 18.9 Å². The number of benzene rings is 1. The number of aromatic nitrogens is 4. The van der Waals surface area contributed by atoms with Crippen molar-refractivity contribution in [3.8, 4) is 0 Å². The van der Waals surface area contributed by atoms with Crippen LogP contribution < -0.4 is 5.73 Å². The van der Waals surface area contributed by atoms with Crippen LogP contribution in [-0.2, 0) is 13.9 Å². The van der Waals surface area contributed by atoms with E-state index >= 15 is 0 Å². The molecule has 188 valence electrons. The summed E-state index contributed by atoms with van der Waals surface area (Å²) in [7, 11) is -2.18. The second-order valence-corrected chi connectivity index (χ2v) is 14.0. The summed E-state index contributed by atoms with van der Waals surface area (Å²) < 4.78 is 20.6. The predicted octanol–water partition coefficient (Wildman–Crippen LogP) is 3.31. The zero-order valence-corrected chi connectivity index (χ0v) is 21.5. The molecular formula is C24H33N5O5Si. The van der Waals surface area contributed by atoms with Gasteiger partial charge in [0.2, 0.25) is 0 Å². The fourth-order valence-electron chi connectivity index (χ4n) is 4.33. The molecule has 3 heterocycles. The van der Waals surface area contributed by atoms with Crippen molar-refractivity contribution in [1.29, 1.82) is 0 Å². The second kappa shape index (κ2) is 10.0. The minimum absolute atomic E-state index is 0.160. The SMILES string of the molecule is CCC(C)[Si](C)(C)O[C@H]1C[C@H](n2cnc3c(N)ncnc32)O[C@]1(CO)COC(=O)c1ccccc1. The maximum atomic E-state index is 12.7. The lowest BCUT2D eigenvalue weighted by atomic mass is 9.99. The lowest BCUT2D eigenvalue weighted by Crippen LogP contribution is -2.53. The number of carbonyl (C=O) groups is 1. The summed E-state index contributed by atoms with van der Waals surface area (Å²) in [5, 5.41) is 10.6. The first-order chi connectivity index (χ1) is 16.7. The molecule has 0 amide bonds. The van der Waals surface area contributed by atoms with Gasteiger partial charge in [-0.3, -0.25) is 4.57 Å². The van der Waals surface area contributed by atoms with Crippen LogP contribution in [0.15, 0.2) is 43.0 Å². The summed E-state index contributed by atoms with van der Waals surface area (Å²) in [6.45, 7) is 8.09. The van der Waals surface area contributed by atoms with Crippen LogP contribution in [0.2, 0.25) is 18.6 Å². The van der Waals surface area contributed by atoms with Crippen LogP contribution in [-0.4, -0.2) is 63.8 Å². The Hall–Kier alpha value is -2.86. The van der Waals surface area contributed by atoms with Gasteiger partial charge in [0.05, 0.1) is 24.6 Å². The average molecular weight is 500 g/mol. The fourth-order valence-corrected chi connectivity index (χ4v) is 6.59. The summed E-state index contributed by atoms with van der Waals surface area (Å²) >= 11 is 0. The summed E-state index contributed by atoms with van der Waals surface area (Å²) in [4.78, 5) is 25.4. The lowest BCUT2D eigenvalue weighted by molar-refractivity contribution is -0.147. The molecule has 3 N–H and O–H groups in total. The minimum atomic E-state index is -2.18. The standard InChI is InChI=1S/C24H33N5O5Si/c1-5-16(2)35(3,4)34-18-11-19(29-15-28-20-21(25)26-14-27-22(20)29)33-24(18,12-30)13-32-23(31)17-9-7-6-8-10-17/h6-10,14-16,18-19,30H,5,11-13H2,1-4H3,(H2,25,26,27)/t16?,18-,19+,24+/m0/s1. The van der Waals surface area contributed by atoms with Crippen molar-refractivity contribution in [2.45, 2.75) is 63.3 Å². The first-order valence-corrected chi connectivity index (χ1v) is 14.8. The maximum absolute atomic E-state index is 12.7. The van der Waals surface area contributed by atoms with E-state index < -0.39 is 32.2 Å². The maximum Gasteiger partial charge on any atom is 0.338 e. The van der Waals surface area contributed by atoms with E-state index in [4.69, 9.17) is 19.6 Å². The number of nitrogens with zero attached hydrogens (tertiary/aromatic N) is 4. The summed E-state index contributed by atoms with van der Waals surface area (Å²) in [6, 6.07) is 8.73. The van der Waals surface area contributed by atoms with Crippen molar-refractivity contribution in [2.24, 2.45) is 0 Å². The number of hydrogen-bond acceptors (Lipinski definition) is 9. The largest absolute Gasteiger partial charge is 0.459 e. The minimum Gasteiger partial charge on any atom is -0.459 e. The van der Waals surface area contributed by atoms with Gasteiger partial charge in [0, 0.05) is 6.42 Å². The van der Waals surface area contributed by atoms with Crippen LogP contribution in [0.5, 0.6) is 0 Å².